The summed E-state index contributed by atoms with van der Waals surface area (Å²) >= 11 is 0. The van der Waals surface area contributed by atoms with E-state index in [4.69, 9.17) is 30.6 Å². The van der Waals surface area contributed by atoms with Gasteiger partial charge in [0.05, 0.1) is 25.4 Å². The molecule has 0 aromatic rings. The zero-order valence-corrected chi connectivity index (χ0v) is 14.4. The molecule has 0 heterocycles. The number of hydrogen-bond acceptors (Lipinski definition) is 12. The quantitative estimate of drug-likeness (QED) is 0.153. The van der Waals surface area contributed by atoms with E-state index in [-0.39, 0.29) is 23.1 Å². The molecule has 0 saturated heterocycles. The Morgan fingerprint density at radius 2 is 0.880 bits per heavy atom. The molecule has 0 aliphatic heterocycles. The van der Waals surface area contributed by atoms with Crippen LogP contribution in [0.1, 0.15) is 12.8 Å². The van der Waals surface area contributed by atoms with Crippen LogP contribution in [-0.2, 0) is 19.2 Å². The SMILES string of the molecule is O=C([O-])C(=O)C[C@H](O)[C@H](O)CO.O=C([O-])C(=O)C[C@H](O)[C@H](O)CO.[Mg+2]. The normalized spacial score (nSPS) is 14.6. The van der Waals surface area contributed by atoms with Gasteiger partial charge in [0.15, 0.2) is 11.6 Å². The maximum Gasteiger partial charge on any atom is 2.00 e. The minimum atomic E-state index is -1.92. The monoisotopic (exact) mass is 378 g/mol. The van der Waals surface area contributed by atoms with Gasteiger partial charge in [0.2, 0.25) is 0 Å². The number of carbonyl (C=O) groups is 4. The summed E-state index contributed by atoms with van der Waals surface area (Å²) < 4.78 is 0. The topological polar surface area (TPSA) is 236 Å². The Hall–Kier alpha value is -1.19. The molecule has 13 heteroatoms. The van der Waals surface area contributed by atoms with Crippen LogP contribution in [-0.4, -0.2) is 115 Å². The third-order valence-corrected chi connectivity index (χ3v) is 2.51. The minimum Gasteiger partial charge on any atom is -0.542 e. The van der Waals surface area contributed by atoms with E-state index >= 15 is 0 Å². The van der Waals surface area contributed by atoms with E-state index in [1.54, 1.807) is 0 Å². The summed E-state index contributed by atoms with van der Waals surface area (Å²) in [5.74, 6) is -6.46. The molecule has 12 nitrogen and oxygen atoms in total. The first-order valence-electron chi connectivity index (χ1n) is 6.40. The molecule has 4 atom stereocenters. The Morgan fingerprint density at radius 3 is 1.04 bits per heavy atom. The second kappa shape index (κ2) is 15.1. The molecule has 0 aromatic heterocycles. The van der Waals surface area contributed by atoms with Crippen LogP contribution in [0.15, 0.2) is 0 Å². The Morgan fingerprint density at radius 1 is 0.640 bits per heavy atom. The molecule has 0 aliphatic carbocycles. The van der Waals surface area contributed by atoms with Gasteiger partial charge in [0.1, 0.15) is 24.1 Å². The van der Waals surface area contributed by atoms with Crippen molar-refractivity contribution >= 4 is 46.6 Å². The average Bonchev–Trinajstić information content (AvgIpc) is 2.53. The molecule has 0 fully saturated rings. The van der Waals surface area contributed by atoms with Gasteiger partial charge in [0, 0.05) is 12.8 Å². The van der Waals surface area contributed by atoms with Crippen molar-refractivity contribution in [3.05, 3.63) is 0 Å². The zero-order chi connectivity index (χ0) is 19.4. The van der Waals surface area contributed by atoms with Gasteiger partial charge in [-0.25, -0.2) is 0 Å². The van der Waals surface area contributed by atoms with Gasteiger partial charge >= 0.3 is 23.1 Å². The van der Waals surface area contributed by atoms with E-state index in [0.29, 0.717) is 0 Å². The molecule has 140 valence electrons. The van der Waals surface area contributed by atoms with Gasteiger partial charge in [0.25, 0.3) is 0 Å². The molecule has 0 aromatic carbocycles. The van der Waals surface area contributed by atoms with Crippen LogP contribution in [0.5, 0.6) is 0 Å². The van der Waals surface area contributed by atoms with E-state index in [2.05, 4.69) is 0 Å². The van der Waals surface area contributed by atoms with Crippen LogP contribution >= 0.6 is 0 Å². The van der Waals surface area contributed by atoms with Gasteiger partial charge in [-0.3, -0.25) is 9.59 Å². The number of ketones is 2. The van der Waals surface area contributed by atoms with Crippen LogP contribution in [0.25, 0.3) is 0 Å². The standard InChI is InChI=1S/2C6H10O6.Mg/c2*7-2-5(10)3(8)1-4(9)6(11)12;/h2*3,5,7-8,10H,1-2H2,(H,11,12);/q;;+2/p-2/t2*3-,5+;/m00./s1. The minimum absolute atomic E-state index is 0. The first kappa shape index (κ1) is 28.6. The fraction of sp³-hybridized carbons (Fsp3) is 0.667. The first-order chi connectivity index (χ1) is 11.0. The molecule has 25 heavy (non-hydrogen) atoms. The Kier molecular flexibility index (Phi) is 17.3. The fourth-order valence-electron chi connectivity index (χ4n) is 1.06. The maximum atomic E-state index is 10.4. The first-order valence-corrected chi connectivity index (χ1v) is 6.40. The summed E-state index contributed by atoms with van der Waals surface area (Å²) in [6.45, 7) is -1.47. The Bertz CT molecular complexity index is 400. The van der Waals surface area contributed by atoms with E-state index in [1.165, 1.54) is 0 Å². The number of carboxylic acid groups (broad SMARTS) is 2. The summed E-state index contributed by atoms with van der Waals surface area (Å²) in [7, 11) is 0. The third kappa shape index (κ3) is 13.7. The van der Waals surface area contributed by atoms with Crippen LogP contribution in [0.2, 0.25) is 0 Å². The van der Waals surface area contributed by atoms with Crippen LogP contribution in [0.4, 0.5) is 0 Å². The van der Waals surface area contributed by atoms with Gasteiger partial charge < -0.3 is 50.4 Å². The largest absolute Gasteiger partial charge is 2.00 e. The smallest absolute Gasteiger partial charge is 0.542 e. The molecule has 6 N–H and O–H groups in total. The zero-order valence-electron chi connectivity index (χ0n) is 13.0. The molecule has 0 unspecified atom stereocenters. The molecule has 0 bridgehead atoms. The van der Waals surface area contributed by atoms with Crippen molar-refractivity contribution in [2.24, 2.45) is 0 Å². The summed E-state index contributed by atoms with van der Waals surface area (Å²) in [6, 6.07) is 0. The Labute approximate surface area is 157 Å². The van der Waals surface area contributed by atoms with Gasteiger partial charge in [-0.2, -0.15) is 0 Å². The molecular weight excluding hydrogens is 360 g/mol. The van der Waals surface area contributed by atoms with Crippen molar-refractivity contribution in [3.63, 3.8) is 0 Å². The number of aliphatic carboxylic acids is 2. The van der Waals surface area contributed by atoms with Gasteiger partial charge in [-0.1, -0.05) is 0 Å². The van der Waals surface area contributed by atoms with Crippen LogP contribution in [0, 0.1) is 0 Å². The molecule has 0 radical (unpaired) electrons. The molecular formula is C12H18MgO12. The molecule has 0 rings (SSSR count). The van der Waals surface area contributed by atoms with Gasteiger partial charge in [-0.05, 0) is 0 Å². The maximum absolute atomic E-state index is 10.4. The number of hydrogen-bond donors (Lipinski definition) is 6. The molecule has 0 aliphatic rings. The molecule has 0 amide bonds. The molecule has 0 saturated carbocycles. The van der Waals surface area contributed by atoms with Crippen molar-refractivity contribution in [3.8, 4) is 0 Å². The van der Waals surface area contributed by atoms with E-state index in [9.17, 15) is 29.4 Å². The van der Waals surface area contributed by atoms with E-state index in [0.717, 1.165) is 0 Å². The van der Waals surface area contributed by atoms with E-state index < -0.39 is 74.0 Å². The summed E-state index contributed by atoms with van der Waals surface area (Å²) in [4.78, 5) is 40.4. The van der Waals surface area contributed by atoms with Crippen molar-refractivity contribution in [1.82, 2.24) is 0 Å². The fourth-order valence-corrected chi connectivity index (χ4v) is 1.06. The predicted octanol–water partition coefficient (Wildman–Crippen LogP) is -7.56. The number of rotatable bonds is 10. The van der Waals surface area contributed by atoms with E-state index in [1.807, 2.05) is 0 Å². The molecule has 0 spiro atoms. The van der Waals surface area contributed by atoms with Crippen LogP contribution in [0.3, 0.4) is 0 Å². The van der Waals surface area contributed by atoms with Gasteiger partial charge in [-0.15, -0.1) is 0 Å². The van der Waals surface area contributed by atoms with Crippen molar-refractivity contribution in [2.75, 3.05) is 13.2 Å². The predicted molar refractivity (Wildman–Crippen MR) is 73.2 cm³/mol. The van der Waals surface area contributed by atoms with Crippen LogP contribution < -0.4 is 10.2 Å². The number of carbonyl (C=O) groups excluding carboxylic acids is 4. The average molecular weight is 379 g/mol. The van der Waals surface area contributed by atoms with Crippen molar-refractivity contribution in [1.29, 1.82) is 0 Å². The number of Topliss-reactive ketones (excluding diaryl/α,β-unsaturated/α-hetero) is 2. The van der Waals surface area contributed by atoms with Crippen molar-refractivity contribution in [2.45, 2.75) is 37.3 Å². The number of aliphatic hydroxyl groups is 6. The summed E-state index contributed by atoms with van der Waals surface area (Å²) in [5, 5.41) is 71.2. The summed E-state index contributed by atoms with van der Waals surface area (Å²) in [5.41, 5.74) is 0. The van der Waals surface area contributed by atoms with Crippen molar-refractivity contribution < 1.29 is 60.0 Å². The number of aliphatic hydroxyl groups excluding tert-OH is 6. The third-order valence-electron chi connectivity index (χ3n) is 2.51. The summed E-state index contributed by atoms with van der Waals surface area (Å²) in [6.07, 6.45) is -7.67. The number of carboxylic acids is 2. The Balaban J connectivity index is -0.000000372. The second-order valence-corrected chi connectivity index (χ2v) is 4.46. The second-order valence-electron chi connectivity index (χ2n) is 4.46.